The lowest BCUT2D eigenvalue weighted by Crippen LogP contribution is -2.54. The third-order valence-corrected chi connectivity index (χ3v) is 5.59. The van der Waals surface area contributed by atoms with Gasteiger partial charge in [0.1, 0.15) is 5.76 Å². The van der Waals surface area contributed by atoms with Crippen LogP contribution in [0.5, 0.6) is 0 Å². The molecule has 1 aliphatic heterocycles. The summed E-state index contributed by atoms with van der Waals surface area (Å²) in [5.74, 6) is 0.628. The third-order valence-electron chi connectivity index (χ3n) is 3.58. The van der Waals surface area contributed by atoms with Crippen molar-refractivity contribution >= 4 is 10.2 Å². The summed E-state index contributed by atoms with van der Waals surface area (Å²) >= 11 is 0. The Hall–Kier alpha value is -0.890. The SMILES string of the molecule is CC(c1ccco1)N(C)S(=O)(=O)N1CCOC(C)(C)C1. The summed E-state index contributed by atoms with van der Waals surface area (Å²) in [5, 5.41) is 0. The van der Waals surface area contributed by atoms with E-state index in [4.69, 9.17) is 9.15 Å². The molecule has 0 aliphatic carbocycles. The smallest absolute Gasteiger partial charge is 0.282 e. The number of rotatable bonds is 4. The highest BCUT2D eigenvalue weighted by molar-refractivity contribution is 7.86. The van der Waals surface area contributed by atoms with Crippen molar-refractivity contribution in [2.45, 2.75) is 32.4 Å². The second kappa shape index (κ2) is 5.48. The van der Waals surface area contributed by atoms with Crippen LogP contribution < -0.4 is 0 Å². The predicted molar refractivity (Wildman–Crippen MR) is 75.4 cm³/mol. The molecule has 0 saturated carbocycles. The number of ether oxygens (including phenoxy) is 1. The lowest BCUT2D eigenvalue weighted by Gasteiger charge is -2.39. The Bertz CT molecular complexity index is 539. The highest BCUT2D eigenvalue weighted by Gasteiger charge is 2.38. The summed E-state index contributed by atoms with van der Waals surface area (Å²) in [6.07, 6.45) is 1.55. The molecule has 1 saturated heterocycles. The first-order chi connectivity index (χ1) is 9.24. The monoisotopic (exact) mass is 302 g/mol. The van der Waals surface area contributed by atoms with Gasteiger partial charge in [-0.05, 0) is 32.9 Å². The van der Waals surface area contributed by atoms with E-state index in [1.807, 2.05) is 20.8 Å². The van der Waals surface area contributed by atoms with Gasteiger partial charge in [0.25, 0.3) is 10.2 Å². The van der Waals surface area contributed by atoms with Gasteiger partial charge >= 0.3 is 0 Å². The van der Waals surface area contributed by atoms with Crippen LogP contribution in [0.1, 0.15) is 32.6 Å². The van der Waals surface area contributed by atoms with Crippen LogP contribution in [0.15, 0.2) is 22.8 Å². The van der Waals surface area contributed by atoms with Crippen molar-refractivity contribution in [3.05, 3.63) is 24.2 Å². The van der Waals surface area contributed by atoms with Crippen molar-refractivity contribution in [3.8, 4) is 0 Å². The molecule has 0 aromatic carbocycles. The van der Waals surface area contributed by atoms with Crippen molar-refractivity contribution in [2.24, 2.45) is 0 Å². The number of hydrogen-bond donors (Lipinski definition) is 0. The van der Waals surface area contributed by atoms with E-state index in [2.05, 4.69) is 0 Å². The lowest BCUT2D eigenvalue weighted by atomic mass is 10.1. The second-order valence-corrected chi connectivity index (χ2v) is 7.65. The van der Waals surface area contributed by atoms with Crippen LogP contribution in [0.4, 0.5) is 0 Å². The van der Waals surface area contributed by atoms with Gasteiger partial charge in [0.05, 0.1) is 24.5 Å². The molecule has 2 rings (SSSR count). The number of morpholine rings is 1. The van der Waals surface area contributed by atoms with E-state index in [-0.39, 0.29) is 6.04 Å². The Morgan fingerprint density at radius 1 is 1.45 bits per heavy atom. The minimum Gasteiger partial charge on any atom is -0.468 e. The predicted octanol–water partition coefficient (Wildman–Crippen LogP) is 1.63. The molecule has 6 nitrogen and oxygen atoms in total. The Kier molecular flexibility index (Phi) is 4.24. The van der Waals surface area contributed by atoms with Gasteiger partial charge in [0.2, 0.25) is 0 Å². The first kappa shape index (κ1) is 15.5. The summed E-state index contributed by atoms with van der Waals surface area (Å²) in [4.78, 5) is 0. The van der Waals surface area contributed by atoms with Crippen LogP contribution in [-0.2, 0) is 14.9 Å². The van der Waals surface area contributed by atoms with Gasteiger partial charge in [-0.25, -0.2) is 0 Å². The van der Waals surface area contributed by atoms with Crippen LogP contribution >= 0.6 is 0 Å². The standard InChI is InChI=1S/C13H22N2O4S/c1-11(12-6-5-8-18-12)14(4)20(16,17)15-7-9-19-13(2,3)10-15/h5-6,8,11H,7,9-10H2,1-4H3. The number of hydrogen-bond acceptors (Lipinski definition) is 4. The molecule has 0 spiro atoms. The fourth-order valence-electron chi connectivity index (χ4n) is 2.26. The van der Waals surface area contributed by atoms with Gasteiger partial charge in [0, 0.05) is 20.1 Å². The van der Waals surface area contributed by atoms with E-state index in [1.54, 1.807) is 25.4 Å². The minimum absolute atomic E-state index is 0.346. The van der Waals surface area contributed by atoms with Gasteiger partial charge in [-0.15, -0.1) is 0 Å². The third kappa shape index (κ3) is 3.06. The van der Waals surface area contributed by atoms with E-state index >= 15 is 0 Å². The topological polar surface area (TPSA) is 63.0 Å². The Balaban J connectivity index is 2.17. The molecule has 0 N–H and O–H groups in total. The molecule has 1 atom stereocenters. The van der Waals surface area contributed by atoms with Crippen molar-refractivity contribution in [3.63, 3.8) is 0 Å². The van der Waals surface area contributed by atoms with Gasteiger partial charge < -0.3 is 9.15 Å². The molecule has 20 heavy (non-hydrogen) atoms. The number of furan rings is 1. The average Bonchev–Trinajstić information content (AvgIpc) is 2.89. The van der Waals surface area contributed by atoms with E-state index in [0.717, 1.165) is 0 Å². The zero-order valence-electron chi connectivity index (χ0n) is 12.4. The maximum Gasteiger partial charge on any atom is 0.282 e. The van der Waals surface area contributed by atoms with E-state index < -0.39 is 15.8 Å². The van der Waals surface area contributed by atoms with Crippen molar-refractivity contribution in [2.75, 3.05) is 26.7 Å². The molecule has 0 radical (unpaired) electrons. The van der Waals surface area contributed by atoms with Crippen LogP contribution in [0, 0.1) is 0 Å². The Morgan fingerprint density at radius 2 is 2.15 bits per heavy atom. The Labute approximate surface area is 120 Å². The largest absolute Gasteiger partial charge is 0.468 e. The lowest BCUT2D eigenvalue weighted by molar-refractivity contribution is -0.0653. The molecule has 1 fully saturated rings. The summed E-state index contributed by atoms with van der Waals surface area (Å²) in [6, 6.07) is 3.19. The van der Waals surface area contributed by atoms with Crippen molar-refractivity contribution in [1.82, 2.24) is 8.61 Å². The van der Waals surface area contributed by atoms with Crippen LogP contribution in [0.3, 0.4) is 0 Å². The first-order valence-corrected chi connectivity index (χ1v) is 8.04. The molecule has 1 aromatic heterocycles. The highest BCUT2D eigenvalue weighted by Crippen LogP contribution is 2.26. The van der Waals surface area contributed by atoms with Crippen molar-refractivity contribution in [1.29, 1.82) is 0 Å². The maximum absolute atomic E-state index is 12.7. The molecule has 2 heterocycles. The fraction of sp³-hybridized carbons (Fsp3) is 0.692. The summed E-state index contributed by atoms with van der Waals surface area (Å²) < 4.78 is 39.0. The quantitative estimate of drug-likeness (QED) is 0.848. The minimum atomic E-state index is -3.53. The molecule has 0 bridgehead atoms. The van der Waals surface area contributed by atoms with E-state index in [1.165, 1.54) is 8.61 Å². The fourth-order valence-corrected chi connectivity index (χ4v) is 3.91. The molecule has 0 amide bonds. The normalized spacial score (nSPS) is 22.1. The van der Waals surface area contributed by atoms with Crippen LogP contribution in [0.25, 0.3) is 0 Å². The molecule has 1 aliphatic rings. The maximum atomic E-state index is 12.7. The summed E-state index contributed by atoms with van der Waals surface area (Å²) in [6.45, 7) is 6.73. The van der Waals surface area contributed by atoms with Gasteiger partial charge in [-0.2, -0.15) is 17.0 Å². The average molecular weight is 302 g/mol. The Morgan fingerprint density at radius 3 is 2.70 bits per heavy atom. The zero-order valence-corrected chi connectivity index (χ0v) is 13.2. The molecule has 1 aromatic rings. The van der Waals surface area contributed by atoms with Gasteiger partial charge in [-0.1, -0.05) is 0 Å². The molecular weight excluding hydrogens is 280 g/mol. The van der Waals surface area contributed by atoms with E-state index in [9.17, 15) is 8.42 Å². The van der Waals surface area contributed by atoms with Crippen LogP contribution in [0.2, 0.25) is 0 Å². The van der Waals surface area contributed by atoms with E-state index in [0.29, 0.717) is 25.5 Å². The van der Waals surface area contributed by atoms with Gasteiger partial charge in [0.15, 0.2) is 0 Å². The highest BCUT2D eigenvalue weighted by atomic mass is 32.2. The first-order valence-electron chi connectivity index (χ1n) is 6.64. The molecule has 1 unspecified atom stereocenters. The van der Waals surface area contributed by atoms with Crippen molar-refractivity contribution < 1.29 is 17.6 Å². The zero-order chi connectivity index (χ0) is 15.0. The van der Waals surface area contributed by atoms with Crippen LogP contribution in [-0.4, -0.2) is 49.4 Å². The van der Waals surface area contributed by atoms with Gasteiger partial charge in [-0.3, -0.25) is 0 Å². The molecular formula is C13H22N2O4S. The molecule has 7 heteroatoms. The second-order valence-electron chi connectivity index (χ2n) is 5.66. The summed E-state index contributed by atoms with van der Waals surface area (Å²) in [5.41, 5.74) is -0.458. The summed E-state index contributed by atoms with van der Waals surface area (Å²) in [7, 11) is -1.96. The number of nitrogens with zero attached hydrogens (tertiary/aromatic N) is 2. The molecule has 114 valence electrons.